The van der Waals surface area contributed by atoms with Gasteiger partial charge in [0.2, 0.25) is 0 Å². The van der Waals surface area contributed by atoms with Gasteiger partial charge in [0.1, 0.15) is 0 Å². The van der Waals surface area contributed by atoms with E-state index < -0.39 is 16.6 Å². The maximum atomic E-state index is 10.6. The zero-order valence-electron chi connectivity index (χ0n) is 3.86. The van der Waals surface area contributed by atoms with Crippen LogP contribution in [0.3, 0.4) is 0 Å². The molecule has 0 amide bonds. The van der Waals surface area contributed by atoms with Gasteiger partial charge in [-0.05, 0) is 0 Å². The van der Waals surface area contributed by atoms with Crippen LogP contribution in [0.15, 0.2) is 0 Å². The Morgan fingerprint density at radius 1 is 1.38 bits per heavy atom. The first-order valence-corrected chi connectivity index (χ1v) is 2.18. The van der Waals surface area contributed by atoms with Crippen molar-refractivity contribution in [3.05, 3.63) is 0 Å². The van der Waals surface area contributed by atoms with Gasteiger partial charge in [-0.15, -0.1) is 0 Å². The SMILES string of the molecule is O=S([O-])C(F)(F)F.[Li+]. The van der Waals surface area contributed by atoms with Crippen LogP contribution in [0.1, 0.15) is 0 Å². The molecule has 2 nitrogen and oxygen atoms in total. The van der Waals surface area contributed by atoms with E-state index >= 15 is 0 Å². The first-order valence-electron chi connectivity index (χ1n) is 1.10. The van der Waals surface area contributed by atoms with Crippen molar-refractivity contribution in [1.82, 2.24) is 0 Å². The van der Waals surface area contributed by atoms with Crippen LogP contribution in [-0.4, -0.2) is 14.3 Å². The molecule has 0 aliphatic carbocycles. The Morgan fingerprint density at radius 3 is 1.50 bits per heavy atom. The van der Waals surface area contributed by atoms with E-state index in [-0.39, 0.29) is 18.9 Å². The average molecular weight is 140 g/mol. The normalized spacial score (nSPS) is 14.5. The predicted molar refractivity (Wildman–Crippen MR) is 15.0 cm³/mol. The summed E-state index contributed by atoms with van der Waals surface area (Å²) in [6.07, 6.45) is 0. The van der Waals surface area contributed by atoms with E-state index in [4.69, 9.17) is 8.76 Å². The molecular weight excluding hydrogens is 140 g/mol. The molecule has 0 aromatic rings. The predicted octanol–water partition coefficient (Wildman–Crippen LogP) is -2.61. The van der Waals surface area contributed by atoms with Crippen LogP contribution in [0.5, 0.6) is 0 Å². The standard InChI is InChI=1S/CHF3O2S.Li/c2-1(3,4)7(5)6;/h(H,5,6);/q;+1/p-1. The van der Waals surface area contributed by atoms with Crippen molar-refractivity contribution in [2.45, 2.75) is 5.51 Å². The molecule has 1 atom stereocenters. The molecule has 0 radical (unpaired) electrons. The first kappa shape index (κ1) is 11.3. The minimum atomic E-state index is -5.08. The summed E-state index contributed by atoms with van der Waals surface area (Å²) < 4.78 is 49.5. The number of halogens is 3. The van der Waals surface area contributed by atoms with E-state index in [0.717, 1.165) is 0 Å². The van der Waals surface area contributed by atoms with E-state index in [9.17, 15) is 13.2 Å². The summed E-state index contributed by atoms with van der Waals surface area (Å²) in [5.74, 6) is 0. The zero-order chi connectivity index (χ0) is 6.08. The van der Waals surface area contributed by atoms with E-state index in [0.29, 0.717) is 0 Å². The van der Waals surface area contributed by atoms with Gasteiger partial charge in [-0.3, -0.25) is 4.21 Å². The van der Waals surface area contributed by atoms with Crippen molar-refractivity contribution >= 4 is 11.1 Å². The fourth-order valence-corrected chi connectivity index (χ4v) is 0. The Hall–Kier alpha value is 0.497. The summed E-state index contributed by atoms with van der Waals surface area (Å²) in [6.45, 7) is 0. The van der Waals surface area contributed by atoms with Crippen LogP contribution in [0.4, 0.5) is 13.2 Å². The Morgan fingerprint density at radius 2 is 1.50 bits per heavy atom. The van der Waals surface area contributed by atoms with Crippen molar-refractivity contribution in [3.63, 3.8) is 0 Å². The number of hydrogen-bond acceptors (Lipinski definition) is 2. The van der Waals surface area contributed by atoms with Gasteiger partial charge in [-0.1, -0.05) is 0 Å². The molecule has 0 saturated carbocycles. The van der Waals surface area contributed by atoms with Gasteiger partial charge in [0, 0.05) is 0 Å². The number of alkyl halides is 3. The quantitative estimate of drug-likeness (QED) is 0.273. The fourth-order valence-electron chi connectivity index (χ4n) is 0. The summed E-state index contributed by atoms with van der Waals surface area (Å²) in [4.78, 5) is 0. The summed E-state index contributed by atoms with van der Waals surface area (Å²) in [6, 6.07) is 0. The molecule has 0 fully saturated rings. The number of hydrogen-bond donors (Lipinski definition) is 0. The maximum Gasteiger partial charge on any atom is 1.00 e. The summed E-state index contributed by atoms with van der Waals surface area (Å²) >= 11 is -3.93. The first-order chi connectivity index (χ1) is 2.94. The van der Waals surface area contributed by atoms with E-state index in [1.807, 2.05) is 0 Å². The molecule has 0 spiro atoms. The van der Waals surface area contributed by atoms with Gasteiger partial charge in [0.15, 0.2) is 0 Å². The summed E-state index contributed by atoms with van der Waals surface area (Å²) in [5, 5.41) is 0. The Bertz CT molecular complexity index is 89.8. The second-order valence-corrected chi connectivity index (χ2v) is 1.61. The van der Waals surface area contributed by atoms with Crippen LogP contribution in [0.2, 0.25) is 0 Å². The molecule has 8 heavy (non-hydrogen) atoms. The average Bonchev–Trinajstić information content (AvgIpc) is 1.31. The monoisotopic (exact) mass is 140 g/mol. The van der Waals surface area contributed by atoms with Crippen molar-refractivity contribution in [2.24, 2.45) is 0 Å². The Labute approximate surface area is 57.9 Å². The van der Waals surface area contributed by atoms with Crippen molar-refractivity contribution in [1.29, 1.82) is 0 Å². The second-order valence-electron chi connectivity index (χ2n) is 0.680. The molecule has 0 heterocycles. The molecule has 7 heteroatoms. The topological polar surface area (TPSA) is 40.1 Å². The van der Waals surface area contributed by atoms with Crippen molar-refractivity contribution in [3.8, 4) is 0 Å². The summed E-state index contributed by atoms with van der Waals surface area (Å²) in [5.41, 5.74) is -5.08. The third kappa shape index (κ3) is 4.65. The van der Waals surface area contributed by atoms with E-state index in [1.165, 1.54) is 0 Å². The van der Waals surface area contributed by atoms with Gasteiger partial charge >= 0.3 is 24.4 Å². The minimum absolute atomic E-state index is 0. The van der Waals surface area contributed by atoms with E-state index in [2.05, 4.69) is 0 Å². The van der Waals surface area contributed by atoms with Crippen molar-refractivity contribution in [2.75, 3.05) is 0 Å². The van der Waals surface area contributed by atoms with Gasteiger partial charge in [-0.2, -0.15) is 13.2 Å². The molecule has 0 aliphatic rings. The van der Waals surface area contributed by atoms with Gasteiger partial charge < -0.3 is 4.55 Å². The molecule has 0 rings (SSSR count). The smallest absolute Gasteiger partial charge is 0.766 e. The Balaban J connectivity index is 0. The van der Waals surface area contributed by atoms with Crippen LogP contribution in [0, 0.1) is 0 Å². The van der Waals surface area contributed by atoms with Gasteiger partial charge in [-0.25, -0.2) is 0 Å². The third-order valence-corrected chi connectivity index (χ3v) is 0.567. The van der Waals surface area contributed by atoms with Gasteiger partial charge in [0.25, 0.3) is 0 Å². The van der Waals surface area contributed by atoms with E-state index in [1.54, 1.807) is 0 Å². The molecule has 44 valence electrons. The largest absolute Gasteiger partial charge is 1.00 e. The molecular formula is CF3LiO2S. The van der Waals surface area contributed by atoms with Crippen LogP contribution < -0.4 is 18.9 Å². The maximum absolute atomic E-state index is 10.6. The van der Waals surface area contributed by atoms with Crippen molar-refractivity contribution < 1.29 is 40.8 Å². The fraction of sp³-hybridized carbons (Fsp3) is 1.00. The second kappa shape index (κ2) is 3.51. The minimum Gasteiger partial charge on any atom is -0.766 e. The Kier molecular flexibility index (Phi) is 4.96. The third-order valence-electron chi connectivity index (χ3n) is 0.189. The number of rotatable bonds is 0. The molecule has 0 aliphatic heterocycles. The van der Waals surface area contributed by atoms with Gasteiger partial charge in [0.05, 0.1) is 11.1 Å². The summed E-state index contributed by atoms with van der Waals surface area (Å²) in [7, 11) is 0. The molecule has 0 N–H and O–H groups in total. The zero-order valence-corrected chi connectivity index (χ0v) is 4.68. The molecule has 0 bridgehead atoms. The molecule has 0 saturated heterocycles. The molecule has 0 aromatic heterocycles. The molecule has 1 unspecified atom stereocenters. The van der Waals surface area contributed by atoms with Crippen LogP contribution >= 0.6 is 0 Å². The van der Waals surface area contributed by atoms with Crippen LogP contribution in [0.25, 0.3) is 0 Å². The van der Waals surface area contributed by atoms with Crippen LogP contribution in [-0.2, 0) is 11.1 Å². The molecule has 0 aromatic carbocycles.